The van der Waals surface area contributed by atoms with Crippen LogP contribution in [0.5, 0.6) is 0 Å². The molecule has 36 heavy (non-hydrogen) atoms. The minimum atomic E-state index is -0.771. The zero-order valence-corrected chi connectivity index (χ0v) is 25.0. The lowest BCUT2D eigenvalue weighted by molar-refractivity contribution is -0.246. The molecule has 210 valence electrons. The maximum absolute atomic E-state index is 11.9. The number of hydrogen-bond donors (Lipinski definition) is 3. The summed E-state index contributed by atoms with van der Waals surface area (Å²) in [5.41, 5.74) is -0.669. The molecule has 4 fully saturated rings. The Morgan fingerprint density at radius 1 is 0.833 bits per heavy atom. The van der Waals surface area contributed by atoms with Crippen LogP contribution in [0, 0.1) is 45.3 Å². The molecule has 0 aliphatic heterocycles. The van der Waals surface area contributed by atoms with Gasteiger partial charge in [0.05, 0.1) is 23.4 Å². The summed E-state index contributed by atoms with van der Waals surface area (Å²) in [5, 5.41) is 34.6. The first kappa shape index (κ1) is 28.8. The molecule has 4 saturated carbocycles. The first-order chi connectivity index (χ1) is 16.5. The number of rotatable bonds is 7. The molecule has 4 heteroatoms. The summed E-state index contributed by atoms with van der Waals surface area (Å²) in [6.07, 6.45) is 9.28. The molecule has 4 rings (SSSR count). The molecule has 4 unspecified atom stereocenters. The van der Waals surface area contributed by atoms with Crippen LogP contribution < -0.4 is 0 Å². The molecular weight excluding hydrogens is 448 g/mol. The molecule has 0 saturated heterocycles. The van der Waals surface area contributed by atoms with Crippen LogP contribution in [0.3, 0.4) is 0 Å². The molecule has 3 N–H and O–H groups in total. The van der Waals surface area contributed by atoms with E-state index in [1.165, 1.54) is 12.8 Å². The minimum absolute atomic E-state index is 0.0305. The van der Waals surface area contributed by atoms with Gasteiger partial charge in [0.2, 0.25) is 0 Å². The van der Waals surface area contributed by atoms with Gasteiger partial charge in [0.25, 0.3) is 0 Å². The lowest BCUT2D eigenvalue weighted by Gasteiger charge is -2.70. The molecule has 0 bridgehead atoms. The first-order valence-electron chi connectivity index (χ1n) is 15.2. The van der Waals surface area contributed by atoms with E-state index >= 15 is 0 Å². The summed E-state index contributed by atoms with van der Waals surface area (Å²) in [5.74, 6) is 1.24. The van der Waals surface area contributed by atoms with Crippen molar-refractivity contribution < 1.29 is 20.1 Å². The van der Waals surface area contributed by atoms with Crippen LogP contribution in [-0.4, -0.2) is 45.3 Å². The summed E-state index contributed by atoms with van der Waals surface area (Å²) >= 11 is 0. The van der Waals surface area contributed by atoms with Gasteiger partial charge in [0.15, 0.2) is 0 Å². The fourth-order valence-electron chi connectivity index (χ4n) is 11.0. The van der Waals surface area contributed by atoms with Crippen molar-refractivity contribution in [3.05, 3.63) is 0 Å². The van der Waals surface area contributed by atoms with Crippen molar-refractivity contribution in [2.24, 2.45) is 45.3 Å². The van der Waals surface area contributed by atoms with Crippen LogP contribution in [0.25, 0.3) is 0 Å². The summed E-state index contributed by atoms with van der Waals surface area (Å²) < 4.78 is 5.90. The second kappa shape index (κ2) is 9.20. The van der Waals surface area contributed by atoms with Crippen LogP contribution in [0.4, 0.5) is 0 Å². The van der Waals surface area contributed by atoms with Crippen LogP contribution in [0.2, 0.25) is 0 Å². The van der Waals surface area contributed by atoms with Gasteiger partial charge in [-0.15, -0.1) is 0 Å². The standard InChI is InChI=1S/C32H58O4/c1-10-36-27(2,3)15-11-16-32(9,35)21-12-18-31(8)26(21)22(33)20-24-29(6)17-14-25(34)28(4,5)23(29)13-19-30(24,31)7/h21-26,33-35H,10-20H2,1-9H3/t21?,22-,23?,24?,25+,26?,29+,30-,31-,32-/m1/s1. The number of fused-ring (bicyclic) bond motifs is 5. The monoisotopic (exact) mass is 506 g/mol. The topological polar surface area (TPSA) is 69.9 Å². The van der Waals surface area contributed by atoms with Crippen LogP contribution in [0.1, 0.15) is 127 Å². The molecule has 0 amide bonds. The van der Waals surface area contributed by atoms with Gasteiger partial charge in [-0.1, -0.05) is 34.6 Å². The van der Waals surface area contributed by atoms with E-state index in [1.807, 2.05) is 13.8 Å². The molecule has 4 aliphatic rings. The quantitative estimate of drug-likeness (QED) is 0.358. The molecular formula is C32H58O4. The molecule has 10 atom stereocenters. The largest absolute Gasteiger partial charge is 0.393 e. The average Bonchev–Trinajstić information content (AvgIpc) is 3.13. The van der Waals surface area contributed by atoms with Crippen molar-refractivity contribution in [3.63, 3.8) is 0 Å². The lowest BCUT2D eigenvalue weighted by atomic mass is 9.35. The van der Waals surface area contributed by atoms with E-state index in [2.05, 4.69) is 48.5 Å². The third-order valence-electron chi connectivity index (χ3n) is 13.2. The Morgan fingerprint density at radius 2 is 1.47 bits per heavy atom. The second-order valence-corrected chi connectivity index (χ2v) is 15.7. The van der Waals surface area contributed by atoms with Crippen LogP contribution >= 0.6 is 0 Å². The van der Waals surface area contributed by atoms with Gasteiger partial charge in [0, 0.05) is 6.61 Å². The molecule has 4 nitrogen and oxygen atoms in total. The van der Waals surface area contributed by atoms with E-state index in [9.17, 15) is 15.3 Å². The van der Waals surface area contributed by atoms with Crippen LogP contribution in [0.15, 0.2) is 0 Å². The molecule has 0 radical (unpaired) electrons. The van der Waals surface area contributed by atoms with Crippen molar-refractivity contribution in [2.45, 2.75) is 150 Å². The molecule has 0 aromatic carbocycles. The lowest BCUT2D eigenvalue weighted by Crippen LogP contribution is -2.66. The van der Waals surface area contributed by atoms with Gasteiger partial charge in [-0.05, 0) is 137 Å². The minimum Gasteiger partial charge on any atom is -0.393 e. The predicted octanol–water partition coefficient (Wildman–Crippen LogP) is 6.74. The third-order valence-corrected chi connectivity index (χ3v) is 13.2. The van der Waals surface area contributed by atoms with Gasteiger partial charge >= 0.3 is 0 Å². The fourth-order valence-corrected chi connectivity index (χ4v) is 11.0. The summed E-state index contributed by atoms with van der Waals surface area (Å²) in [6.45, 7) is 21.1. The maximum Gasteiger partial charge on any atom is 0.0651 e. The number of aliphatic hydroxyl groups is 3. The fraction of sp³-hybridized carbons (Fsp3) is 1.00. The third kappa shape index (κ3) is 4.23. The normalized spacial score (nSPS) is 48.0. The van der Waals surface area contributed by atoms with Crippen molar-refractivity contribution in [1.29, 1.82) is 0 Å². The maximum atomic E-state index is 11.9. The van der Waals surface area contributed by atoms with Crippen LogP contribution in [-0.2, 0) is 4.74 Å². The summed E-state index contributed by atoms with van der Waals surface area (Å²) in [4.78, 5) is 0. The van der Waals surface area contributed by atoms with E-state index in [4.69, 9.17) is 4.74 Å². The van der Waals surface area contributed by atoms with Gasteiger partial charge in [-0.3, -0.25) is 0 Å². The smallest absolute Gasteiger partial charge is 0.0651 e. The summed E-state index contributed by atoms with van der Waals surface area (Å²) in [6, 6.07) is 0. The average molecular weight is 507 g/mol. The van der Waals surface area contributed by atoms with Crippen molar-refractivity contribution in [1.82, 2.24) is 0 Å². The molecule has 0 spiro atoms. The van der Waals surface area contributed by atoms with E-state index in [1.54, 1.807) is 0 Å². The van der Waals surface area contributed by atoms with Crippen molar-refractivity contribution >= 4 is 0 Å². The van der Waals surface area contributed by atoms with E-state index in [0.29, 0.717) is 18.4 Å². The highest BCUT2D eigenvalue weighted by Crippen LogP contribution is 2.75. The highest BCUT2D eigenvalue weighted by atomic mass is 16.5. The molecule has 0 heterocycles. The Morgan fingerprint density at radius 3 is 2.11 bits per heavy atom. The first-order valence-corrected chi connectivity index (χ1v) is 15.2. The van der Waals surface area contributed by atoms with Gasteiger partial charge in [0.1, 0.15) is 0 Å². The second-order valence-electron chi connectivity index (χ2n) is 15.7. The van der Waals surface area contributed by atoms with E-state index in [-0.39, 0.29) is 51.3 Å². The van der Waals surface area contributed by atoms with Gasteiger partial charge < -0.3 is 20.1 Å². The van der Waals surface area contributed by atoms with Crippen molar-refractivity contribution in [3.8, 4) is 0 Å². The van der Waals surface area contributed by atoms with E-state index in [0.717, 1.165) is 51.4 Å². The SMILES string of the molecule is CCOC(C)(C)CCC[C@@](C)(O)C1CC[C@]2(C)C1[C@H](O)CC1[C@@]3(C)CC[C@H](O)C(C)(C)C3CC[C@]12C. The zero-order chi connectivity index (χ0) is 26.9. The zero-order valence-electron chi connectivity index (χ0n) is 25.0. The van der Waals surface area contributed by atoms with Gasteiger partial charge in [-0.25, -0.2) is 0 Å². The highest BCUT2D eigenvalue weighted by molar-refractivity contribution is 5.20. The summed E-state index contributed by atoms with van der Waals surface area (Å²) in [7, 11) is 0. The van der Waals surface area contributed by atoms with Crippen molar-refractivity contribution in [2.75, 3.05) is 6.61 Å². The molecule has 0 aromatic heterocycles. The highest BCUT2D eigenvalue weighted by Gasteiger charge is 2.71. The molecule has 0 aromatic rings. The number of hydrogen-bond acceptors (Lipinski definition) is 4. The Bertz CT molecular complexity index is 804. The predicted molar refractivity (Wildman–Crippen MR) is 147 cm³/mol. The Balaban J connectivity index is 1.58. The Labute approximate surface area is 222 Å². The Kier molecular flexibility index (Phi) is 7.37. The van der Waals surface area contributed by atoms with Gasteiger partial charge in [-0.2, -0.15) is 0 Å². The number of ether oxygens (including phenoxy) is 1. The van der Waals surface area contributed by atoms with E-state index < -0.39 is 5.60 Å². The Hall–Kier alpha value is -0.160. The molecule has 4 aliphatic carbocycles. The number of aliphatic hydroxyl groups excluding tert-OH is 2.